The summed E-state index contributed by atoms with van der Waals surface area (Å²) in [6, 6.07) is 5.57. The third-order valence-electron chi connectivity index (χ3n) is 3.97. The lowest BCUT2D eigenvalue weighted by Gasteiger charge is -2.25. The average Bonchev–Trinajstić information content (AvgIpc) is 2.57. The van der Waals surface area contributed by atoms with Crippen molar-refractivity contribution >= 4 is 39.3 Å². The molecule has 25 heavy (non-hydrogen) atoms. The number of nitrogens with zero attached hydrogens (tertiary/aromatic N) is 5. The van der Waals surface area contributed by atoms with E-state index in [0.29, 0.717) is 29.8 Å². The predicted molar refractivity (Wildman–Crippen MR) is 105 cm³/mol. The van der Waals surface area contributed by atoms with E-state index in [1.807, 2.05) is 36.9 Å². The highest BCUT2D eigenvalue weighted by molar-refractivity contribution is 9.10. The molecule has 0 radical (unpaired) electrons. The van der Waals surface area contributed by atoms with Gasteiger partial charge in [-0.3, -0.25) is 4.79 Å². The number of benzene rings is 1. The number of Topliss-reactive ketones (excluding diaryl/α,β-unsaturated/α-hetero) is 1. The fraction of sp³-hybridized carbons (Fsp3) is 0.444. The molecule has 7 heteroatoms. The van der Waals surface area contributed by atoms with Crippen LogP contribution in [-0.2, 0) is 0 Å². The van der Waals surface area contributed by atoms with E-state index in [1.165, 1.54) is 0 Å². The monoisotopic (exact) mass is 405 g/mol. The Balaban J connectivity index is 2.49. The molecule has 134 valence electrons. The van der Waals surface area contributed by atoms with Crippen molar-refractivity contribution in [2.45, 2.75) is 34.6 Å². The molecule has 0 spiro atoms. The van der Waals surface area contributed by atoms with Gasteiger partial charge in [0.2, 0.25) is 11.9 Å². The van der Waals surface area contributed by atoms with Crippen LogP contribution in [0.3, 0.4) is 0 Å². The van der Waals surface area contributed by atoms with Crippen LogP contribution in [0.15, 0.2) is 22.7 Å². The summed E-state index contributed by atoms with van der Waals surface area (Å²) in [5, 5.41) is 0. The highest BCUT2D eigenvalue weighted by Crippen LogP contribution is 2.31. The van der Waals surface area contributed by atoms with Gasteiger partial charge in [0.15, 0.2) is 5.78 Å². The minimum absolute atomic E-state index is 0.0372. The van der Waals surface area contributed by atoms with E-state index in [0.717, 1.165) is 23.2 Å². The van der Waals surface area contributed by atoms with Crippen LogP contribution in [0.2, 0.25) is 0 Å². The molecule has 0 saturated carbocycles. The molecule has 0 fully saturated rings. The Labute approximate surface area is 157 Å². The maximum absolute atomic E-state index is 11.6. The quantitative estimate of drug-likeness (QED) is 0.644. The van der Waals surface area contributed by atoms with Gasteiger partial charge >= 0.3 is 0 Å². The van der Waals surface area contributed by atoms with Gasteiger partial charge < -0.3 is 9.80 Å². The molecule has 0 aliphatic rings. The lowest BCUT2D eigenvalue weighted by molar-refractivity contribution is 0.101. The Kier molecular flexibility index (Phi) is 6.47. The fourth-order valence-electron chi connectivity index (χ4n) is 2.59. The van der Waals surface area contributed by atoms with Crippen molar-refractivity contribution in [2.24, 2.45) is 0 Å². The minimum atomic E-state index is 0.0372. The van der Waals surface area contributed by atoms with Gasteiger partial charge in [0.1, 0.15) is 5.82 Å². The largest absolute Gasteiger partial charge is 0.341 e. The smallest absolute Gasteiger partial charge is 0.234 e. The van der Waals surface area contributed by atoms with Crippen LogP contribution in [0, 0.1) is 6.92 Å². The molecule has 0 amide bonds. The van der Waals surface area contributed by atoms with Gasteiger partial charge in [0.25, 0.3) is 0 Å². The van der Waals surface area contributed by atoms with Crippen molar-refractivity contribution < 1.29 is 4.79 Å². The van der Waals surface area contributed by atoms with Gasteiger partial charge in [-0.25, -0.2) is 0 Å². The highest BCUT2D eigenvalue weighted by Gasteiger charge is 2.18. The Bertz CT molecular complexity index is 761. The Morgan fingerprint density at radius 2 is 1.68 bits per heavy atom. The molecule has 6 nitrogen and oxygen atoms in total. The van der Waals surface area contributed by atoms with Crippen LogP contribution in [0.4, 0.5) is 17.6 Å². The molecule has 0 atom stereocenters. The van der Waals surface area contributed by atoms with Crippen molar-refractivity contribution in [1.29, 1.82) is 0 Å². The highest BCUT2D eigenvalue weighted by atomic mass is 79.9. The van der Waals surface area contributed by atoms with Gasteiger partial charge in [-0.1, -0.05) is 0 Å². The van der Waals surface area contributed by atoms with E-state index in [9.17, 15) is 4.79 Å². The second-order valence-electron chi connectivity index (χ2n) is 5.62. The van der Waals surface area contributed by atoms with Crippen LogP contribution in [0.25, 0.3) is 0 Å². The molecule has 1 aromatic carbocycles. The molecule has 0 unspecified atom stereocenters. The first-order chi connectivity index (χ1) is 11.9. The average molecular weight is 406 g/mol. The van der Waals surface area contributed by atoms with E-state index in [2.05, 4.69) is 49.6 Å². The zero-order valence-electron chi connectivity index (χ0n) is 15.4. The van der Waals surface area contributed by atoms with Crippen molar-refractivity contribution in [3.05, 3.63) is 34.1 Å². The van der Waals surface area contributed by atoms with Gasteiger partial charge in [-0.2, -0.15) is 15.0 Å². The van der Waals surface area contributed by atoms with Gasteiger partial charge in [0.05, 0.1) is 5.69 Å². The van der Waals surface area contributed by atoms with Crippen LogP contribution in [-0.4, -0.2) is 40.4 Å². The van der Waals surface area contributed by atoms with Crippen molar-refractivity contribution in [1.82, 2.24) is 15.0 Å². The molecule has 2 aromatic rings. The molecular weight excluding hydrogens is 382 g/mol. The number of ketones is 1. The van der Waals surface area contributed by atoms with E-state index in [1.54, 1.807) is 6.92 Å². The van der Waals surface area contributed by atoms with Crippen molar-refractivity contribution in [3.63, 3.8) is 0 Å². The SMILES string of the molecule is CCN(CC)c1nc(C)nc(N(CC)c2ccc(C(C)=O)cc2Br)n1. The van der Waals surface area contributed by atoms with Crippen molar-refractivity contribution in [2.75, 3.05) is 29.4 Å². The number of aryl methyl sites for hydroxylation is 1. The first kappa shape index (κ1) is 19.3. The van der Waals surface area contributed by atoms with Crippen LogP contribution < -0.4 is 9.80 Å². The molecule has 2 rings (SSSR count). The third-order valence-corrected chi connectivity index (χ3v) is 4.61. The molecule has 1 aromatic heterocycles. The normalized spacial score (nSPS) is 10.6. The Hall–Kier alpha value is -2.02. The van der Waals surface area contributed by atoms with E-state index < -0.39 is 0 Å². The summed E-state index contributed by atoms with van der Waals surface area (Å²) in [6.07, 6.45) is 0. The summed E-state index contributed by atoms with van der Waals surface area (Å²) < 4.78 is 0.838. The lowest BCUT2D eigenvalue weighted by atomic mass is 10.1. The first-order valence-corrected chi connectivity index (χ1v) is 9.26. The lowest BCUT2D eigenvalue weighted by Crippen LogP contribution is -2.27. The second kappa shape index (κ2) is 8.38. The molecule has 0 saturated heterocycles. The van der Waals surface area contributed by atoms with Gasteiger partial charge in [0, 0.05) is 29.7 Å². The predicted octanol–water partition coefficient (Wildman–Crippen LogP) is 4.15. The summed E-state index contributed by atoms with van der Waals surface area (Å²) >= 11 is 3.57. The summed E-state index contributed by atoms with van der Waals surface area (Å²) in [5.41, 5.74) is 1.59. The zero-order valence-corrected chi connectivity index (χ0v) is 17.0. The Morgan fingerprint density at radius 3 is 2.20 bits per heavy atom. The number of carbonyl (C=O) groups excluding carboxylic acids is 1. The minimum Gasteiger partial charge on any atom is -0.341 e. The number of halogens is 1. The number of hydrogen-bond acceptors (Lipinski definition) is 6. The van der Waals surface area contributed by atoms with Gasteiger partial charge in [-0.15, -0.1) is 0 Å². The van der Waals surface area contributed by atoms with E-state index >= 15 is 0 Å². The van der Waals surface area contributed by atoms with Crippen LogP contribution in [0.5, 0.6) is 0 Å². The summed E-state index contributed by atoms with van der Waals surface area (Å²) in [7, 11) is 0. The maximum atomic E-state index is 11.6. The Morgan fingerprint density at radius 1 is 1.04 bits per heavy atom. The standard InChI is InChI=1S/C18H24BrN5O/c1-6-23(7-2)17-20-13(5)21-18(22-17)24(8-3)16-10-9-14(12(4)25)11-15(16)19/h9-11H,6-8H2,1-5H3. The third kappa shape index (κ3) is 4.34. The second-order valence-corrected chi connectivity index (χ2v) is 6.48. The summed E-state index contributed by atoms with van der Waals surface area (Å²) in [4.78, 5) is 29.3. The molecule has 0 aliphatic heterocycles. The van der Waals surface area contributed by atoms with Crippen molar-refractivity contribution in [3.8, 4) is 0 Å². The maximum Gasteiger partial charge on any atom is 0.234 e. The number of anilines is 3. The topological polar surface area (TPSA) is 62.2 Å². The van der Waals surface area contributed by atoms with Crippen LogP contribution in [0.1, 0.15) is 43.9 Å². The number of aromatic nitrogens is 3. The van der Waals surface area contributed by atoms with E-state index in [4.69, 9.17) is 0 Å². The number of rotatable bonds is 7. The molecule has 0 aliphatic carbocycles. The fourth-order valence-corrected chi connectivity index (χ4v) is 3.18. The van der Waals surface area contributed by atoms with Crippen LogP contribution >= 0.6 is 15.9 Å². The molecular formula is C18H24BrN5O. The summed E-state index contributed by atoms with van der Waals surface area (Å²) in [6.45, 7) is 12.0. The van der Waals surface area contributed by atoms with E-state index in [-0.39, 0.29) is 5.78 Å². The molecule has 0 bridgehead atoms. The zero-order chi connectivity index (χ0) is 18.6. The molecule has 0 N–H and O–H groups in total. The summed E-state index contributed by atoms with van der Waals surface area (Å²) in [5.74, 6) is 2.01. The molecule has 1 heterocycles. The van der Waals surface area contributed by atoms with Gasteiger partial charge in [-0.05, 0) is 68.7 Å². The number of hydrogen-bond donors (Lipinski definition) is 0. The number of carbonyl (C=O) groups is 1. The first-order valence-electron chi connectivity index (χ1n) is 8.46.